The van der Waals surface area contributed by atoms with Gasteiger partial charge in [0.15, 0.2) is 0 Å². The molecule has 1 aliphatic rings. The van der Waals surface area contributed by atoms with E-state index in [9.17, 15) is 0 Å². The van der Waals surface area contributed by atoms with Gasteiger partial charge in [-0.25, -0.2) is 0 Å². The summed E-state index contributed by atoms with van der Waals surface area (Å²) < 4.78 is 0. The second-order valence-electron chi connectivity index (χ2n) is 19.3. The molecule has 0 radical (unpaired) electrons. The average molecular weight is 1030 g/mol. The lowest BCUT2D eigenvalue weighted by Crippen LogP contribution is -2.43. The number of nitrogens with two attached hydrogens (primary N) is 5. The summed E-state index contributed by atoms with van der Waals surface area (Å²) >= 11 is 0. The highest BCUT2D eigenvalue weighted by molar-refractivity contribution is 4.70. The summed E-state index contributed by atoms with van der Waals surface area (Å²) in [6, 6.07) is 0. The van der Waals surface area contributed by atoms with Crippen molar-refractivity contribution in [1.82, 2.24) is 82.6 Å². The zero-order chi connectivity index (χ0) is 52.5. The summed E-state index contributed by atoms with van der Waals surface area (Å²) in [5, 5.41) is 35.4. The van der Waals surface area contributed by atoms with Crippen molar-refractivity contribution in [3.05, 3.63) is 0 Å². The first-order valence-electron chi connectivity index (χ1n) is 29.4. The lowest BCUT2D eigenvalue weighted by atomic mass is 10.2. The topological polar surface area (TPSA) is 280 Å². The van der Waals surface area contributed by atoms with Crippen molar-refractivity contribution in [1.29, 1.82) is 0 Å². The first-order chi connectivity index (χ1) is 35.5. The quantitative estimate of drug-likeness (QED) is 0.0157. The van der Waals surface area contributed by atoms with Crippen LogP contribution in [0.4, 0.5) is 0 Å². The first kappa shape index (κ1) is 71.2. The van der Waals surface area contributed by atoms with E-state index in [2.05, 4.69) is 96.4 Å². The molecule has 0 spiro atoms. The second-order valence-corrected chi connectivity index (χ2v) is 19.3. The maximum absolute atomic E-state index is 5.95. The van der Waals surface area contributed by atoms with Gasteiger partial charge in [-0.05, 0) is 117 Å². The largest absolute Gasteiger partial charge is 0.329 e. The lowest BCUT2D eigenvalue weighted by Gasteiger charge is -2.26. The molecule has 21 nitrogen and oxygen atoms in total. The third-order valence-corrected chi connectivity index (χ3v) is 12.6. The van der Waals surface area contributed by atoms with Crippen LogP contribution in [0.15, 0.2) is 0 Å². The third kappa shape index (κ3) is 52.6. The molecule has 434 valence electrons. The van der Waals surface area contributed by atoms with Crippen LogP contribution >= 0.6 is 0 Å². The summed E-state index contributed by atoms with van der Waals surface area (Å²) in [4.78, 5) is 15.1. The van der Waals surface area contributed by atoms with Crippen molar-refractivity contribution >= 4 is 0 Å². The Hall–Kier alpha value is -0.840. The van der Waals surface area contributed by atoms with E-state index >= 15 is 0 Å². The molecule has 0 aromatic heterocycles. The molecule has 0 amide bonds. The number of hydrogen-bond donors (Lipinski definition) is 15. The lowest BCUT2D eigenvalue weighted by molar-refractivity contribution is 0.240. The zero-order valence-electron chi connectivity index (χ0n) is 47.5. The minimum absolute atomic E-state index is 0.670. The van der Waals surface area contributed by atoms with E-state index in [1.807, 2.05) is 7.05 Å². The molecule has 0 aromatic rings. The number of likely N-dealkylation sites (N-methyl/N-ethyl adjacent to an activating group) is 1. The number of rotatable bonds is 60. The van der Waals surface area contributed by atoms with Crippen molar-refractivity contribution in [2.75, 3.05) is 276 Å². The Bertz CT molecular complexity index is 996. The van der Waals surface area contributed by atoms with Crippen LogP contribution in [0.2, 0.25) is 0 Å². The molecule has 1 heterocycles. The number of nitrogens with one attached hydrogen (secondary N) is 10. The van der Waals surface area contributed by atoms with Crippen LogP contribution in [0.1, 0.15) is 58.8 Å². The van der Waals surface area contributed by atoms with Crippen LogP contribution in [0.25, 0.3) is 0 Å². The molecule has 1 aliphatic heterocycles. The minimum atomic E-state index is 0.670. The minimum Gasteiger partial charge on any atom is -0.329 e. The van der Waals surface area contributed by atoms with Gasteiger partial charge >= 0.3 is 0 Å². The monoisotopic (exact) mass is 1030 g/mol. The van der Waals surface area contributed by atoms with E-state index in [-0.39, 0.29) is 0 Å². The Labute approximate surface area is 444 Å². The van der Waals surface area contributed by atoms with E-state index in [1.54, 1.807) is 0 Å². The van der Waals surface area contributed by atoms with Crippen LogP contribution in [0, 0.1) is 0 Å². The van der Waals surface area contributed by atoms with Gasteiger partial charge in [0.25, 0.3) is 0 Å². The summed E-state index contributed by atoms with van der Waals surface area (Å²) in [5.74, 6) is 0. The summed E-state index contributed by atoms with van der Waals surface area (Å²) in [7, 11) is 1.99. The highest BCUT2D eigenvalue weighted by Gasteiger charge is 2.10. The molecule has 0 aromatic carbocycles. The Kier molecular flexibility index (Phi) is 58.7. The molecule has 21 heteroatoms. The zero-order valence-corrected chi connectivity index (χ0v) is 47.5. The summed E-state index contributed by atoms with van der Waals surface area (Å²) in [6.45, 7) is 44.9. The van der Waals surface area contributed by atoms with Gasteiger partial charge in [0.05, 0.1) is 0 Å². The van der Waals surface area contributed by atoms with E-state index < -0.39 is 0 Å². The highest BCUT2D eigenvalue weighted by atomic mass is 15.2. The molecule has 0 aliphatic carbocycles. The van der Waals surface area contributed by atoms with E-state index in [0.717, 1.165) is 248 Å². The Balaban J connectivity index is 0.0000161. The summed E-state index contributed by atoms with van der Waals surface area (Å²) in [5.41, 5.74) is 29.2. The molecule has 1 saturated heterocycles. The van der Waals surface area contributed by atoms with E-state index in [0.29, 0.717) is 32.7 Å². The maximum Gasteiger partial charge on any atom is 0.0480 e. The van der Waals surface area contributed by atoms with Gasteiger partial charge in [0, 0.05) is 203 Å². The van der Waals surface area contributed by atoms with Gasteiger partial charge in [0.2, 0.25) is 0 Å². The van der Waals surface area contributed by atoms with Crippen LogP contribution in [-0.2, 0) is 0 Å². The molecular weight excluding hydrogens is 907 g/mol. The Morgan fingerprint density at radius 3 is 1.03 bits per heavy atom. The first-order valence-corrected chi connectivity index (χ1v) is 29.4. The molecule has 0 unspecified atom stereocenters. The fourth-order valence-electron chi connectivity index (χ4n) is 8.36. The van der Waals surface area contributed by atoms with Crippen molar-refractivity contribution in [3.63, 3.8) is 0 Å². The predicted octanol–water partition coefficient (Wildman–Crippen LogP) is -4.15. The number of unbranched alkanes of at least 4 members (excludes halogenated alkanes) is 1. The van der Waals surface area contributed by atoms with Gasteiger partial charge in [-0.3, -0.25) is 14.7 Å². The Morgan fingerprint density at radius 2 is 0.625 bits per heavy atom. The second kappa shape index (κ2) is 59.4. The molecule has 72 heavy (non-hydrogen) atoms. The SMILES string of the molecule is C1CN1.CCCNCCCCN(CCNCCN)CCNCCCN(CCCNCCN(CCCNCN(CCC)CCN)CCNCCN(CCN)CCNCCNC)CCNCCN(CCN)CCN. The molecule has 0 atom stereocenters. The third-order valence-electron chi connectivity index (χ3n) is 12.6. The fourth-order valence-corrected chi connectivity index (χ4v) is 8.36. The molecule has 1 rings (SSSR count). The number of hydrogen-bond acceptors (Lipinski definition) is 21. The van der Waals surface area contributed by atoms with Gasteiger partial charge < -0.3 is 96.5 Å². The van der Waals surface area contributed by atoms with Crippen molar-refractivity contribution < 1.29 is 0 Å². The van der Waals surface area contributed by atoms with Crippen molar-refractivity contribution in [2.45, 2.75) is 58.8 Å². The molecule has 1 fully saturated rings. The van der Waals surface area contributed by atoms with Crippen molar-refractivity contribution in [3.8, 4) is 0 Å². The van der Waals surface area contributed by atoms with Crippen LogP contribution in [-0.4, -0.2) is 305 Å². The predicted molar refractivity (Wildman–Crippen MR) is 312 cm³/mol. The van der Waals surface area contributed by atoms with Crippen LogP contribution < -0.4 is 81.8 Å². The van der Waals surface area contributed by atoms with Gasteiger partial charge in [0.1, 0.15) is 0 Å². The fraction of sp³-hybridized carbons (Fsp3) is 1.00. The Morgan fingerprint density at radius 1 is 0.292 bits per heavy atom. The molecule has 0 bridgehead atoms. The van der Waals surface area contributed by atoms with Crippen molar-refractivity contribution in [2.24, 2.45) is 28.7 Å². The van der Waals surface area contributed by atoms with Gasteiger partial charge in [-0.2, -0.15) is 0 Å². The maximum atomic E-state index is 5.95. The van der Waals surface area contributed by atoms with Gasteiger partial charge in [-0.1, -0.05) is 13.8 Å². The standard InChI is InChI=1S/C49H120N20.C2H5N/c1-4-16-56-17-6-7-33-65(44-26-59-21-11-50)42-24-57-18-8-34-64(41-28-61-30-46-67(37-12-51)38-13-52)35-9-19-58-25-43-66(36-10-20-63-49-69(32-5-2)40-15-54)45-29-62-31-48-68(39-14-53)47-27-60-23-22-55-3;1-2-3-1/h55-63H,4-54H2,1-3H3;3H,1-2H2. The van der Waals surface area contributed by atoms with E-state index in [1.165, 1.54) is 32.4 Å². The number of nitrogens with zero attached hydrogens (tertiary/aromatic N) is 6. The van der Waals surface area contributed by atoms with Crippen LogP contribution in [0.3, 0.4) is 0 Å². The van der Waals surface area contributed by atoms with E-state index in [4.69, 9.17) is 28.7 Å². The van der Waals surface area contributed by atoms with Crippen LogP contribution in [0.5, 0.6) is 0 Å². The normalized spacial score (nSPS) is 12.8. The highest BCUT2D eigenvalue weighted by Crippen LogP contribution is 1.98. The molecular formula is C51H125N21. The molecule has 0 saturated carbocycles. The average Bonchev–Trinajstić information content (AvgIpc) is 4.28. The van der Waals surface area contributed by atoms with Gasteiger partial charge in [-0.15, -0.1) is 0 Å². The molecule has 20 N–H and O–H groups in total. The smallest absolute Gasteiger partial charge is 0.0480 e. The summed E-state index contributed by atoms with van der Waals surface area (Å²) in [6.07, 6.45) is 8.23.